The van der Waals surface area contributed by atoms with Crippen molar-refractivity contribution in [1.82, 2.24) is 10.3 Å². The van der Waals surface area contributed by atoms with Crippen molar-refractivity contribution in [2.75, 3.05) is 6.54 Å². The number of aromatic nitrogens is 1. The monoisotopic (exact) mass is 226 g/mol. The van der Waals surface area contributed by atoms with Gasteiger partial charge in [-0.2, -0.15) is 0 Å². The second-order valence-corrected chi connectivity index (χ2v) is 5.88. The smallest absolute Gasteiger partial charge is 0.270 e. The highest BCUT2D eigenvalue weighted by atomic mass is 32.1. The molecule has 0 aromatic carbocycles. The number of rotatable bonds is 3. The molecular formula is C11H18N2OS. The fraction of sp³-hybridized carbons (Fsp3) is 0.636. The van der Waals surface area contributed by atoms with E-state index in [4.69, 9.17) is 0 Å². The zero-order chi connectivity index (χ0) is 11.5. The van der Waals surface area contributed by atoms with Crippen molar-refractivity contribution in [3.8, 4) is 0 Å². The minimum atomic E-state index is -0.0661. The first kappa shape index (κ1) is 12.2. The minimum Gasteiger partial charge on any atom is -0.351 e. The summed E-state index contributed by atoms with van der Waals surface area (Å²) < 4.78 is 0. The Balaban J connectivity index is 2.37. The lowest BCUT2D eigenvalue weighted by Crippen LogP contribution is -2.27. The molecule has 0 aliphatic carbocycles. The van der Waals surface area contributed by atoms with Crippen LogP contribution in [0.1, 0.15) is 42.7 Å². The predicted octanol–water partition coefficient (Wildman–Crippen LogP) is 2.62. The van der Waals surface area contributed by atoms with Gasteiger partial charge in [0.05, 0.1) is 5.01 Å². The van der Waals surface area contributed by atoms with Crippen molar-refractivity contribution in [1.29, 1.82) is 0 Å². The SMILES string of the molecule is Cc1nc(C(=O)NCCC(C)(C)C)cs1. The number of nitrogens with one attached hydrogen (secondary N) is 1. The summed E-state index contributed by atoms with van der Waals surface area (Å²) >= 11 is 1.50. The van der Waals surface area contributed by atoms with E-state index in [0.29, 0.717) is 12.2 Å². The number of carbonyl (C=O) groups excluding carboxylic acids is 1. The molecule has 1 amide bonds. The molecule has 1 heterocycles. The Morgan fingerprint density at radius 3 is 2.67 bits per heavy atom. The molecule has 0 unspecified atom stereocenters. The summed E-state index contributed by atoms with van der Waals surface area (Å²) in [5.74, 6) is -0.0661. The van der Waals surface area contributed by atoms with Crippen LogP contribution in [0.25, 0.3) is 0 Å². The molecule has 1 N–H and O–H groups in total. The predicted molar refractivity (Wildman–Crippen MR) is 63.3 cm³/mol. The molecule has 0 atom stereocenters. The Hall–Kier alpha value is -0.900. The second kappa shape index (κ2) is 4.75. The first-order valence-corrected chi connectivity index (χ1v) is 5.97. The van der Waals surface area contributed by atoms with Crippen molar-refractivity contribution in [2.24, 2.45) is 5.41 Å². The average Bonchev–Trinajstić information content (AvgIpc) is 2.49. The van der Waals surface area contributed by atoms with Gasteiger partial charge in [0.2, 0.25) is 0 Å². The van der Waals surface area contributed by atoms with Gasteiger partial charge in [-0.05, 0) is 18.8 Å². The van der Waals surface area contributed by atoms with Gasteiger partial charge in [0.15, 0.2) is 0 Å². The van der Waals surface area contributed by atoms with Crippen molar-refractivity contribution >= 4 is 17.2 Å². The lowest BCUT2D eigenvalue weighted by molar-refractivity contribution is 0.0945. The number of carbonyl (C=O) groups is 1. The third-order valence-electron chi connectivity index (χ3n) is 2.01. The van der Waals surface area contributed by atoms with Gasteiger partial charge in [0.1, 0.15) is 5.69 Å². The molecule has 0 spiro atoms. The van der Waals surface area contributed by atoms with Crippen molar-refractivity contribution in [3.63, 3.8) is 0 Å². The van der Waals surface area contributed by atoms with E-state index in [1.807, 2.05) is 6.92 Å². The summed E-state index contributed by atoms with van der Waals surface area (Å²) in [7, 11) is 0. The van der Waals surface area contributed by atoms with Crippen molar-refractivity contribution in [3.05, 3.63) is 16.1 Å². The van der Waals surface area contributed by atoms with E-state index in [0.717, 1.165) is 11.4 Å². The first-order chi connectivity index (χ1) is 6.88. The zero-order valence-electron chi connectivity index (χ0n) is 9.76. The van der Waals surface area contributed by atoms with Gasteiger partial charge in [-0.3, -0.25) is 4.79 Å². The van der Waals surface area contributed by atoms with Crippen LogP contribution < -0.4 is 5.32 Å². The van der Waals surface area contributed by atoms with Crippen LogP contribution in [0.5, 0.6) is 0 Å². The van der Waals surface area contributed by atoms with Gasteiger partial charge in [-0.1, -0.05) is 20.8 Å². The standard InChI is InChI=1S/C11H18N2OS/c1-8-13-9(7-15-8)10(14)12-6-5-11(2,3)4/h7H,5-6H2,1-4H3,(H,12,14). The summed E-state index contributed by atoms with van der Waals surface area (Å²) in [4.78, 5) is 15.7. The van der Waals surface area contributed by atoms with E-state index < -0.39 is 0 Å². The van der Waals surface area contributed by atoms with E-state index in [2.05, 4.69) is 31.1 Å². The lowest BCUT2D eigenvalue weighted by Gasteiger charge is -2.17. The van der Waals surface area contributed by atoms with Gasteiger partial charge >= 0.3 is 0 Å². The van der Waals surface area contributed by atoms with Crippen LogP contribution in [0.2, 0.25) is 0 Å². The number of nitrogens with zero attached hydrogens (tertiary/aromatic N) is 1. The first-order valence-electron chi connectivity index (χ1n) is 5.09. The summed E-state index contributed by atoms with van der Waals surface area (Å²) in [6, 6.07) is 0. The van der Waals surface area contributed by atoms with Gasteiger partial charge < -0.3 is 5.32 Å². The Bertz CT molecular complexity index is 339. The maximum atomic E-state index is 11.6. The van der Waals surface area contributed by atoms with Gasteiger partial charge in [0, 0.05) is 11.9 Å². The van der Waals surface area contributed by atoms with Crippen LogP contribution in [-0.2, 0) is 0 Å². The molecule has 3 nitrogen and oxygen atoms in total. The van der Waals surface area contributed by atoms with Gasteiger partial charge in [0.25, 0.3) is 5.91 Å². The molecule has 15 heavy (non-hydrogen) atoms. The molecule has 4 heteroatoms. The Morgan fingerprint density at radius 2 is 2.20 bits per heavy atom. The Labute approximate surface area is 94.9 Å². The third-order valence-corrected chi connectivity index (χ3v) is 2.79. The topological polar surface area (TPSA) is 42.0 Å². The highest BCUT2D eigenvalue weighted by Crippen LogP contribution is 2.17. The van der Waals surface area contributed by atoms with E-state index in [-0.39, 0.29) is 11.3 Å². The summed E-state index contributed by atoms with van der Waals surface area (Å²) in [6.45, 7) is 9.08. The number of aryl methyl sites for hydroxylation is 1. The molecule has 0 saturated heterocycles. The van der Waals surface area contributed by atoms with Crippen LogP contribution in [0, 0.1) is 12.3 Å². The van der Waals surface area contributed by atoms with Crippen LogP contribution in [0.15, 0.2) is 5.38 Å². The highest BCUT2D eigenvalue weighted by Gasteiger charge is 2.12. The third kappa shape index (κ3) is 4.42. The van der Waals surface area contributed by atoms with E-state index in [9.17, 15) is 4.79 Å². The molecule has 0 fully saturated rings. The van der Waals surface area contributed by atoms with Crippen molar-refractivity contribution in [2.45, 2.75) is 34.1 Å². The van der Waals surface area contributed by atoms with Crippen LogP contribution in [0.4, 0.5) is 0 Å². The molecule has 1 rings (SSSR count). The van der Waals surface area contributed by atoms with E-state index in [1.165, 1.54) is 11.3 Å². The number of hydrogen-bond donors (Lipinski definition) is 1. The maximum absolute atomic E-state index is 11.6. The van der Waals surface area contributed by atoms with Gasteiger partial charge in [-0.25, -0.2) is 4.98 Å². The molecule has 0 bridgehead atoms. The molecule has 0 aliphatic rings. The van der Waals surface area contributed by atoms with Gasteiger partial charge in [-0.15, -0.1) is 11.3 Å². The molecule has 0 aliphatic heterocycles. The maximum Gasteiger partial charge on any atom is 0.270 e. The van der Waals surface area contributed by atoms with Crippen LogP contribution in [-0.4, -0.2) is 17.4 Å². The minimum absolute atomic E-state index is 0.0661. The largest absolute Gasteiger partial charge is 0.351 e. The number of amides is 1. The van der Waals surface area contributed by atoms with Crippen molar-refractivity contribution < 1.29 is 4.79 Å². The fourth-order valence-electron chi connectivity index (χ4n) is 1.11. The Morgan fingerprint density at radius 1 is 1.53 bits per heavy atom. The molecule has 0 radical (unpaired) electrons. The number of hydrogen-bond acceptors (Lipinski definition) is 3. The summed E-state index contributed by atoms with van der Waals surface area (Å²) in [5.41, 5.74) is 0.789. The van der Waals surface area contributed by atoms with Crippen LogP contribution >= 0.6 is 11.3 Å². The fourth-order valence-corrected chi connectivity index (χ4v) is 1.70. The molecule has 0 saturated carbocycles. The Kier molecular flexibility index (Phi) is 3.85. The summed E-state index contributed by atoms with van der Waals surface area (Å²) in [6.07, 6.45) is 0.974. The molecular weight excluding hydrogens is 208 g/mol. The molecule has 1 aromatic rings. The number of thiazole rings is 1. The summed E-state index contributed by atoms with van der Waals surface area (Å²) in [5, 5.41) is 5.59. The second-order valence-electron chi connectivity index (χ2n) is 4.82. The van der Waals surface area contributed by atoms with E-state index >= 15 is 0 Å². The molecule has 1 aromatic heterocycles. The normalized spacial score (nSPS) is 11.5. The average molecular weight is 226 g/mol. The lowest BCUT2D eigenvalue weighted by atomic mass is 9.92. The zero-order valence-corrected chi connectivity index (χ0v) is 10.6. The van der Waals surface area contributed by atoms with Crippen LogP contribution in [0.3, 0.4) is 0 Å². The molecule has 84 valence electrons. The quantitative estimate of drug-likeness (QED) is 0.861. The highest BCUT2D eigenvalue weighted by molar-refractivity contribution is 7.09. The van der Waals surface area contributed by atoms with E-state index in [1.54, 1.807) is 5.38 Å².